The topological polar surface area (TPSA) is 72.3 Å². The Hall–Kier alpha value is -3.94. The summed E-state index contributed by atoms with van der Waals surface area (Å²) in [5.41, 5.74) is 3.33. The minimum absolute atomic E-state index is 0.340. The maximum Gasteiger partial charge on any atom is 0.298 e. The molecule has 7 nitrogen and oxygen atoms in total. The Morgan fingerprint density at radius 2 is 1.66 bits per heavy atom. The zero-order valence-corrected chi connectivity index (χ0v) is 19.4. The van der Waals surface area contributed by atoms with Crippen molar-refractivity contribution in [1.82, 2.24) is 9.30 Å². The van der Waals surface area contributed by atoms with Gasteiger partial charge in [-0.05, 0) is 48.0 Å². The van der Waals surface area contributed by atoms with Crippen LogP contribution < -0.4 is 10.1 Å². The largest absolute Gasteiger partial charge is 0.492 e. The monoisotopic (exact) mass is 469 g/mol. The average Bonchev–Trinajstić information content (AvgIpc) is 3.30. The number of anilines is 1. The van der Waals surface area contributed by atoms with E-state index in [1.54, 1.807) is 34.9 Å². The van der Waals surface area contributed by atoms with Crippen LogP contribution >= 0.6 is 0 Å². The number of carbonyl (C=O) groups is 2. The summed E-state index contributed by atoms with van der Waals surface area (Å²) in [6, 6.07) is 24.3. The van der Waals surface area contributed by atoms with Gasteiger partial charge in [-0.15, -0.1) is 0 Å². The van der Waals surface area contributed by atoms with Crippen molar-refractivity contribution in [1.29, 1.82) is 0 Å². The molecule has 7 heteroatoms. The van der Waals surface area contributed by atoms with E-state index in [1.807, 2.05) is 54.6 Å². The van der Waals surface area contributed by atoms with Gasteiger partial charge < -0.3 is 19.2 Å². The summed E-state index contributed by atoms with van der Waals surface area (Å²) in [6.45, 7) is 4.79. The van der Waals surface area contributed by atoms with Crippen LogP contribution in [0.1, 0.15) is 10.5 Å². The molecule has 35 heavy (non-hydrogen) atoms. The van der Waals surface area contributed by atoms with Crippen molar-refractivity contribution in [3.8, 4) is 16.9 Å². The number of nitrogens with zero attached hydrogens (tertiary/aromatic N) is 2. The molecule has 4 aromatic rings. The first kappa shape index (κ1) is 22.8. The van der Waals surface area contributed by atoms with Gasteiger partial charge in [0.15, 0.2) is 0 Å². The van der Waals surface area contributed by atoms with Gasteiger partial charge in [0.1, 0.15) is 18.1 Å². The molecule has 2 aromatic heterocycles. The lowest BCUT2D eigenvalue weighted by Crippen LogP contribution is -2.38. The summed E-state index contributed by atoms with van der Waals surface area (Å²) in [4.78, 5) is 28.6. The first-order chi connectivity index (χ1) is 17.2. The van der Waals surface area contributed by atoms with Gasteiger partial charge in [-0.3, -0.25) is 14.5 Å². The molecular weight excluding hydrogens is 442 g/mol. The van der Waals surface area contributed by atoms with Crippen LogP contribution in [0.3, 0.4) is 0 Å². The van der Waals surface area contributed by atoms with Gasteiger partial charge in [-0.1, -0.05) is 36.4 Å². The number of ether oxygens (including phenoxy) is 2. The van der Waals surface area contributed by atoms with Crippen LogP contribution in [0.2, 0.25) is 0 Å². The standard InChI is InChI=1S/C28H27N3O4/c32-27(26-25(21-6-2-1-3-7-21)20-23-8-4-5-13-31(23)26)28(33)29-22-9-11-24(12-10-22)35-19-16-30-14-17-34-18-15-30/h1-13,20H,14-19H2,(H,29,33). The molecule has 0 aliphatic carbocycles. The van der Waals surface area contributed by atoms with Gasteiger partial charge in [-0.2, -0.15) is 0 Å². The molecule has 1 amide bonds. The molecule has 1 aliphatic rings. The lowest BCUT2D eigenvalue weighted by Gasteiger charge is -2.26. The van der Waals surface area contributed by atoms with E-state index in [0.29, 0.717) is 23.7 Å². The van der Waals surface area contributed by atoms with E-state index in [2.05, 4.69) is 10.2 Å². The van der Waals surface area contributed by atoms with Crippen LogP contribution in [0, 0.1) is 0 Å². The quantitative estimate of drug-likeness (QED) is 0.310. The molecule has 0 bridgehead atoms. The SMILES string of the molecule is O=C(Nc1ccc(OCCN2CCOCC2)cc1)C(=O)c1c(-c2ccccc2)cc2ccccn12. The molecule has 0 atom stereocenters. The highest BCUT2D eigenvalue weighted by molar-refractivity contribution is 6.47. The molecule has 3 heterocycles. The number of aromatic nitrogens is 1. The highest BCUT2D eigenvalue weighted by Gasteiger charge is 2.24. The Kier molecular flexibility index (Phi) is 6.88. The van der Waals surface area contributed by atoms with Crippen LogP contribution in [0.15, 0.2) is 85.1 Å². The van der Waals surface area contributed by atoms with Gasteiger partial charge in [-0.25, -0.2) is 0 Å². The number of amides is 1. The van der Waals surface area contributed by atoms with Crippen molar-refractivity contribution in [2.24, 2.45) is 0 Å². The molecule has 0 spiro atoms. The summed E-state index contributed by atoms with van der Waals surface area (Å²) < 4.78 is 12.9. The number of benzene rings is 2. The molecule has 0 saturated carbocycles. The predicted octanol–water partition coefficient (Wildman–Crippen LogP) is 4.14. The van der Waals surface area contributed by atoms with Gasteiger partial charge in [0.05, 0.1) is 13.2 Å². The van der Waals surface area contributed by atoms with E-state index in [0.717, 1.165) is 49.5 Å². The number of pyridine rings is 1. The van der Waals surface area contributed by atoms with Crippen molar-refractivity contribution in [3.05, 3.63) is 90.8 Å². The summed E-state index contributed by atoms with van der Waals surface area (Å²) in [6.07, 6.45) is 1.80. The first-order valence-corrected chi connectivity index (χ1v) is 11.7. The summed E-state index contributed by atoms with van der Waals surface area (Å²) in [7, 11) is 0. The second-order valence-corrected chi connectivity index (χ2v) is 8.38. The van der Waals surface area contributed by atoms with Crippen molar-refractivity contribution in [2.45, 2.75) is 0 Å². The van der Waals surface area contributed by atoms with Crippen LogP contribution in [-0.4, -0.2) is 60.4 Å². The lowest BCUT2D eigenvalue weighted by molar-refractivity contribution is -0.112. The smallest absolute Gasteiger partial charge is 0.298 e. The predicted molar refractivity (Wildman–Crippen MR) is 135 cm³/mol. The fraction of sp³-hybridized carbons (Fsp3) is 0.214. The summed E-state index contributed by atoms with van der Waals surface area (Å²) >= 11 is 0. The number of rotatable bonds is 8. The van der Waals surface area contributed by atoms with Crippen LogP contribution in [-0.2, 0) is 9.53 Å². The zero-order valence-electron chi connectivity index (χ0n) is 19.4. The van der Waals surface area contributed by atoms with E-state index in [4.69, 9.17) is 9.47 Å². The molecule has 5 rings (SSSR count). The van der Waals surface area contributed by atoms with Crippen molar-refractivity contribution >= 4 is 22.9 Å². The second kappa shape index (κ2) is 10.5. The van der Waals surface area contributed by atoms with E-state index in [1.165, 1.54) is 0 Å². The molecule has 1 saturated heterocycles. The summed E-state index contributed by atoms with van der Waals surface area (Å²) in [5.74, 6) is -0.570. The van der Waals surface area contributed by atoms with Gasteiger partial charge in [0.25, 0.3) is 11.7 Å². The average molecular weight is 470 g/mol. The molecule has 0 unspecified atom stereocenters. The third kappa shape index (κ3) is 5.26. The minimum Gasteiger partial charge on any atom is -0.492 e. The molecule has 1 fully saturated rings. The van der Waals surface area contributed by atoms with Crippen LogP contribution in [0.25, 0.3) is 16.6 Å². The molecule has 1 aliphatic heterocycles. The lowest BCUT2D eigenvalue weighted by atomic mass is 10.0. The van der Waals surface area contributed by atoms with E-state index in [-0.39, 0.29) is 0 Å². The van der Waals surface area contributed by atoms with Crippen molar-refractivity contribution < 1.29 is 19.1 Å². The number of morpholine rings is 1. The molecule has 0 radical (unpaired) electrons. The maximum atomic E-state index is 13.3. The second-order valence-electron chi connectivity index (χ2n) is 8.38. The minimum atomic E-state index is -0.688. The number of ketones is 1. The normalized spacial score (nSPS) is 14.1. The maximum absolute atomic E-state index is 13.3. The van der Waals surface area contributed by atoms with E-state index in [9.17, 15) is 9.59 Å². The Morgan fingerprint density at radius 3 is 2.43 bits per heavy atom. The number of hydrogen-bond acceptors (Lipinski definition) is 5. The highest BCUT2D eigenvalue weighted by atomic mass is 16.5. The highest BCUT2D eigenvalue weighted by Crippen LogP contribution is 2.28. The number of carbonyl (C=O) groups excluding carboxylic acids is 2. The van der Waals surface area contributed by atoms with Gasteiger partial charge in [0.2, 0.25) is 0 Å². The van der Waals surface area contributed by atoms with Crippen LogP contribution in [0.5, 0.6) is 5.75 Å². The third-order valence-corrected chi connectivity index (χ3v) is 6.08. The summed E-state index contributed by atoms with van der Waals surface area (Å²) in [5, 5.41) is 2.73. The third-order valence-electron chi connectivity index (χ3n) is 6.08. The van der Waals surface area contributed by atoms with E-state index < -0.39 is 11.7 Å². The zero-order chi connectivity index (χ0) is 24.0. The Morgan fingerprint density at radius 1 is 0.914 bits per heavy atom. The number of Topliss-reactive ketones (excluding diaryl/α,β-unsaturated/α-hetero) is 1. The molecule has 178 valence electrons. The Balaban J connectivity index is 1.27. The Labute approximate surface area is 203 Å². The van der Waals surface area contributed by atoms with Gasteiger partial charge >= 0.3 is 0 Å². The van der Waals surface area contributed by atoms with Crippen molar-refractivity contribution in [2.75, 3.05) is 44.8 Å². The molecular formula is C28H27N3O4. The van der Waals surface area contributed by atoms with E-state index >= 15 is 0 Å². The molecule has 2 aromatic carbocycles. The van der Waals surface area contributed by atoms with Crippen LogP contribution in [0.4, 0.5) is 5.69 Å². The fourth-order valence-electron chi connectivity index (χ4n) is 4.24. The first-order valence-electron chi connectivity index (χ1n) is 11.7. The fourth-order valence-corrected chi connectivity index (χ4v) is 4.24. The van der Waals surface area contributed by atoms with Gasteiger partial charge in [0, 0.05) is 42.6 Å². The number of hydrogen-bond donors (Lipinski definition) is 1. The molecule has 1 N–H and O–H groups in total. The van der Waals surface area contributed by atoms with Crippen molar-refractivity contribution in [3.63, 3.8) is 0 Å². The number of nitrogens with one attached hydrogen (secondary N) is 1. The Bertz CT molecular complexity index is 1310. The number of fused-ring (bicyclic) bond motifs is 1.